The number of esters is 1. The summed E-state index contributed by atoms with van der Waals surface area (Å²) in [7, 11) is 1.33. The van der Waals surface area contributed by atoms with E-state index in [9.17, 15) is 10.1 Å². The maximum atomic E-state index is 11.7. The molecule has 6 heteroatoms. The van der Waals surface area contributed by atoms with Gasteiger partial charge in [-0.3, -0.25) is 0 Å². The molecule has 0 unspecified atom stereocenters. The molecule has 2 aliphatic rings. The van der Waals surface area contributed by atoms with Crippen LogP contribution in [-0.4, -0.2) is 50.7 Å². The van der Waals surface area contributed by atoms with E-state index < -0.39 is 5.97 Å². The van der Waals surface area contributed by atoms with Crippen LogP contribution in [0.4, 0.5) is 5.69 Å². The number of hydrogen-bond acceptors (Lipinski definition) is 5. The molecule has 0 aliphatic carbocycles. The van der Waals surface area contributed by atoms with Crippen LogP contribution in [0.3, 0.4) is 0 Å². The average molecular weight is 468 g/mol. The molecule has 0 radical (unpaired) electrons. The smallest absolute Gasteiger partial charge is 0.339 e. The number of nitrogens with zero attached hydrogens (tertiary/aromatic N) is 3. The van der Waals surface area contributed by atoms with Gasteiger partial charge in [-0.1, -0.05) is 22.0 Å². The van der Waals surface area contributed by atoms with Gasteiger partial charge in [-0.2, -0.15) is 5.26 Å². The quantitative estimate of drug-likeness (QED) is 0.449. The first-order valence-electron chi connectivity index (χ1n) is 10.4. The lowest BCUT2D eigenvalue weighted by atomic mass is 9.72. The molecule has 2 aromatic rings. The van der Waals surface area contributed by atoms with Crippen molar-refractivity contribution in [2.24, 2.45) is 5.41 Å². The Balaban J connectivity index is 1.16. The average Bonchev–Trinajstić information content (AvgIpc) is 2.71. The van der Waals surface area contributed by atoms with Crippen molar-refractivity contribution in [3.05, 3.63) is 63.6 Å². The van der Waals surface area contributed by atoms with Crippen molar-refractivity contribution in [1.29, 1.82) is 5.26 Å². The Bertz CT molecular complexity index is 953. The molecule has 0 amide bonds. The maximum Gasteiger partial charge on any atom is 0.339 e. The van der Waals surface area contributed by atoms with E-state index in [2.05, 4.69) is 56.1 Å². The molecule has 0 atom stereocenters. The van der Waals surface area contributed by atoms with E-state index in [1.807, 2.05) is 12.1 Å². The summed E-state index contributed by atoms with van der Waals surface area (Å²) in [4.78, 5) is 16.7. The van der Waals surface area contributed by atoms with Crippen LogP contribution in [0, 0.1) is 16.7 Å². The second-order valence-electron chi connectivity index (χ2n) is 8.48. The Labute approximate surface area is 186 Å². The second-order valence-corrected chi connectivity index (χ2v) is 9.40. The number of hydrogen-bond donors (Lipinski definition) is 0. The zero-order chi connectivity index (χ0) is 21.1. The first-order chi connectivity index (χ1) is 14.5. The number of halogens is 1. The van der Waals surface area contributed by atoms with Crippen LogP contribution in [0.1, 0.15) is 34.3 Å². The Morgan fingerprint density at radius 3 is 2.53 bits per heavy atom. The number of ether oxygens (including phenoxy) is 1. The number of benzene rings is 2. The van der Waals surface area contributed by atoms with Crippen LogP contribution in [0.2, 0.25) is 0 Å². The van der Waals surface area contributed by atoms with Gasteiger partial charge in [0.2, 0.25) is 0 Å². The van der Waals surface area contributed by atoms with Crippen LogP contribution in [0.25, 0.3) is 0 Å². The highest BCUT2D eigenvalue weighted by atomic mass is 79.9. The monoisotopic (exact) mass is 467 g/mol. The van der Waals surface area contributed by atoms with Crippen LogP contribution in [-0.2, 0) is 11.2 Å². The van der Waals surface area contributed by atoms with Gasteiger partial charge in [0.25, 0.3) is 0 Å². The summed E-state index contributed by atoms with van der Waals surface area (Å²) in [6.07, 6.45) is 3.15. The topological polar surface area (TPSA) is 56.6 Å². The molecule has 0 aromatic heterocycles. The van der Waals surface area contributed by atoms with Gasteiger partial charge in [0, 0.05) is 41.8 Å². The molecule has 2 aromatic carbocycles. The first kappa shape index (κ1) is 20.9. The van der Waals surface area contributed by atoms with Gasteiger partial charge in [0.1, 0.15) is 6.07 Å². The number of carbonyl (C=O) groups is 1. The summed E-state index contributed by atoms with van der Waals surface area (Å²) in [5.74, 6) is -0.459. The molecule has 2 saturated heterocycles. The number of aryl methyl sites for hydroxylation is 1. The number of nitriles is 1. The summed E-state index contributed by atoms with van der Waals surface area (Å²) in [6, 6.07) is 16.1. The minimum Gasteiger partial charge on any atom is -0.465 e. The van der Waals surface area contributed by atoms with E-state index in [-0.39, 0.29) is 0 Å². The third-order valence-electron chi connectivity index (χ3n) is 6.16. The predicted molar refractivity (Wildman–Crippen MR) is 121 cm³/mol. The van der Waals surface area contributed by atoms with Crippen molar-refractivity contribution < 1.29 is 9.53 Å². The fourth-order valence-corrected chi connectivity index (χ4v) is 4.91. The van der Waals surface area contributed by atoms with E-state index in [0.29, 0.717) is 16.5 Å². The summed E-state index contributed by atoms with van der Waals surface area (Å²) in [5, 5.41) is 9.28. The largest absolute Gasteiger partial charge is 0.465 e. The van der Waals surface area contributed by atoms with E-state index in [4.69, 9.17) is 4.74 Å². The molecule has 156 valence electrons. The SMILES string of the molecule is COC(=O)c1ccc(CCCCN2CC3(C2)CN(c2ccc(Br)cc2)C3)cc1C#N. The molecule has 5 nitrogen and oxygen atoms in total. The number of anilines is 1. The Kier molecular flexibility index (Phi) is 6.12. The van der Waals surface area contributed by atoms with Gasteiger partial charge in [-0.05, 0) is 67.8 Å². The highest BCUT2D eigenvalue weighted by Gasteiger charge is 2.51. The normalized spacial score (nSPS) is 17.2. The van der Waals surface area contributed by atoms with Crippen molar-refractivity contribution in [3.63, 3.8) is 0 Å². The fraction of sp³-hybridized carbons (Fsp3) is 0.417. The van der Waals surface area contributed by atoms with Crippen LogP contribution in [0.5, 0.6) is 0 Å². The first-order valence-corrected chi connectivity index (χ1v) is 11.2. The zero-order valence-electron chi connectivity index (χ0n) is 17.2. The van der Waals surface area contributed by atoms with Gasteiger partial charge >= 0.3 is 5.97 Å². The number of likely N-dealkylation sites (tertiary alicyclic amines) is 1. The third-order valence-corrected chi connectivity index (χ3v) is 6.69. The van der Waals surface area contributed by atoms with Crippen molar-refractivity contribution >= 4 is 27.6 Å². The summed E-state index contributed by atoms with van der Waals surface area (Å²) < 4.78 is 5.85. The van der Waals surface area contributed by atoms with Crippen molar-refractivity contribution in [2.75, 3.05) is 44.7 Å². The molecule has 4 rings (SSSR count). The molecular weight excluding hydrogens is 442 g/mol. The summed E-state index contributed by atoms with van der Waals surface area (Å²) in [5.41, 5.74) is 3.65. The van der Waals surface area contributed by atoms with Crippen LogP contribution >= 0.6 is 15.9 Å². The van der Waals surface area contributed by atoms with Crippen LogP contribution in [0.15, 0.2) is 46.9 Å². The molecular formula is C24H26BrN3O2. The molecule has 2 aliphatic heterocycles. The number of carbonyl (C=O) groups excluding carboxylic acids is 1. The number of rotatable bonds is 7. The van der Waals surface area contributed by atoms with Gasteiger partial charge in [0.05, 0.1) is 18.2 Å². The van der Waals surface area contributed by atoms with Crippen LogP contribution < -0.4 is 4.90 Å². The zero-order valence-corrected chi connectivity index (χ0v) is 18.8. The lowest BCUT2D eigenvalue weighted by Crippen LogP contribution is -2.72. The Hall–Kier alpha value is -2.36. The minimum absolute atomic E-state index is 0.340. The Morgan fingerprint density at radius 1 is 1.13 bits per heavy atom. The summed E-state index contributed by atoms with van der Waals surface area (Å²) >= 11 is 3.50. The number of unbranched alkanes of at least 4 members (excludes halogenated alkanes) is 1. The van der Waals surface area contributed by atoms with E-state index in [1.165, 1.54) is 25.9 Å². The van der Waals surface area contributed by atoms with Gasteiger partial charge in [-0.15, -0.1) is 0 Å². The van der Waals surface area contributed by atoms with Crippen molar-refractivity contribution in [1.82, 2.24) is 4.90 Å². The molecule has 2 heterocycles. The highest BCUT2D eigenvalue weighted by molar-refractivity contribution is 9.10. The van der Waals surface area contributed by atoms with Gasteiger partial charge < -0.3 is 14.5 Å². The van der Waals surface area contributed by atoms with E-state index >= 15 is 0 Å². The molecule has 0 bridgehead atoms. The van der Waals surface area contributed by atoms with Gasteiger partial charge in [0.15, 0.2) is 0 Å². The van der Waals surface area contributed by atoms with E-state index in [1.54, 1.807) is 6.07 Å². The molecule has 0 N–H and O–H groups in total. The Morgan fingerprint density at radius 2 is 1.87 bits per heavy atom. The minimum atomic E-state index is -0.459. The molecule has 0 saturated carbocycles. The molecule has 2 fully saturated rings. The lowest BCUT2D eigenvalue weighted by Gasteiger charge is -2.61. The van der Waals surface area contributed by atoms with Gasteiger partial charge in [-0.25, -0.2) is 4.79 Å². The predicted octanol–water partition coefficient (Wildman–Crippen LogP) is 4.25. The van der Waals surface area contributed by atoms with E-state index in [0.717, 1.165) is 48.9 Å². The molecule has 1 spiro atoms. The van der Waals surface area contributed by atoms with Crippen molar-refractivity contribution in [2.45, 2.75) is 19.3 Å². The highest BCUT2D eigenvalue weighted by Crippen LogP contribution is 2.42. The maximum absolute atomic E-state index is 11.7. The third kappa shape index (κ3) is 4.38. The lowest BCUT2D eigenvalue weighted by molar-refractivity contribution is -0.0222. The molecule has 30 heavy (non-hydrogen) atoms. The second kappa shape index (κ2) is 8.79. The van der Waals surface area contributed by atoms with Crippen molar-refractivity contribution in [3.8, 4) is 6.07 Å². The number of methoxy groups -OCH3 is 1. The fourth-order valence-electron chi connectivity index (χ4n) is 4.65. The summed E-state index contributed by atoms with van der Waals surface area (Å²) in [6.45, 7) is 5.85. The standard InChI is InChI=1S/C24H26BrN3O2/c1-30-23(29)22-10-5-18(12-19(22)13-26)4-2-3-11-27-14-24(15-27)16-28(17-24)21-8-6-20(25)7-9-21/h5-10,12H,2-4,11,14-17H2,1H3.